The maximum atomic E-state index is 11.7. The minimum atomic E-state index is 0.128. The van der Waals surface area contributed by atoms with E-state index in [1.165, 1.54) is 18.4 Å². The van der Waals surface area contributed by atoms with Crippen LogP contribution in [0.5, 0.6) is 0 Å². The first kappa shape index (κ1) is 14.7. The summed E-state index contributed by atoms with van der Waals surface area (Å²) < 4.78 is 0. The van der Waals surface area contributed by atoms with Crippen molar-refractivity contribution in [2.24, 2.45) is 0 Å². The molecule has 0 bridgehead atoms. The molecule has 100 valence electrons. The first-order valence-electron chi connectivity index (χ1n) is 7.03. The average Bonchev–Trinajstić information content (AvgIpc) is 2.35. The molecule has 1 aromatic rings. The van der Waals surface area contributed by atoms with E-state index in [4.69, 9.17) is 0 Å². The Morgan fingerprint density at radius 1 is 1.11 bits per heavy atom. The third-order valence-electron chi connectivity index (χ3n) is 3.12. The SMILES string of the molecule is CCCCCCC(=O)Nc1ccc(C(C)C)cc1. The van der Waals surface area contributed by atoms with Gasteiger partial charge in [-0.15, -0.1) is 0 Å². The van der Waals surface area contributed by atoms with E-state index < -0.39 is 0 Å². The van der Waals surface area contributed by atoms with Crippen molar-refractivity contribution in [1.29, 1.82) is 0 Å². The van der Waals surface area contributed by atoms with Gasteiger partial charge in [0, 0.05) is 12.1 Å². The summed E-state index contributed by atoms with van der Waals surface area (Å²) in [6.45, 7) is 6.51. The Kier molecular flexibility index (Phi) is 6.48. The van der Waals surface area contributed by atoms with Gasteiger partial charge in [-0.25, -0.2) is 0 Å². The van der Waals surface area contributed by atoms with Crippen LogP contribution in [0, 0.1) is 0 Å². The van der Waals surface area contributed by atoms with Gasteiger partial charge in [0.1, 0.15) is 0 Å². The molecule has 0 heterocycles. The zero-order chi connectivity index (χ0) is 13.4. The summed E-state index contributed by atoms with van der Waals surface area (Å²) in [4.78, 5) is 11.7. The summed E-state index contributed by atoms with van der Waals surface area (Å²) in [6, 6.07) is 8.13. The Balaban J connectivity index is 2.35. The first-order chi connectivity index (χ1) is 8.63. The van der Waals surface area contributed by atoms with Crippen LogP contribution in [0.2, 0.25) is 0 Å². The number of rotatable bonds is 7. The van der Waals surface area contributed by atoms with Crippen molar-refractivity contribution in [2.75, 3.05) is 5.32 Å². The van der Waals surface area contributed by atoms with E-state index in [1.54, 1.807) is 0 Å². The number of benzene rings is 1. The van der Waals surface area contributed by atoms with E-state index in [-0.39, 0.29) is 5.91 Å². The van der Waals surface area contributed by atoms with Crippen molar-refractivity contribution < 1.29 is 4.79 Å². The Morgan fingerprint density at radius 3 is 2.33 bits per heavy atom. The predicted molar refractivity (Wildman–Crippen MR) is 77.9 cm³/mol. The molecule has 1 rings (SSSR count). The fourth-order valence-electron chi connectivity index (χ4n) is 1.89. The molecule has 1 N–H and O–H groups in total. The van der Waals surface area contributed by atoms with Crippen LogP contribution in [0.25, 0.3) is 0 Å². The monoisotopic (exact) mass is 247 g/mol. The molecule has 2 heteroatoms. The van der Waals surface area contributed by atoms with Crippen LogP contribution < -0.4 is 5.32 Å². The molecule has 0 atom stereocenters. The lowest BCUT2D eigenvalue weighted by molar-refractivity contribution is -0.116. The average molecular weight is 247 g/mol. The molecule has 1 aromatic carbocycles. The summed E-state index contributed by atoms with van der Waals surface area (Å²) in [5.74, 6) is 0.659. The van der Waals surface area contributed by atoms with Gasteiger partial charge >= 0.3 is 0 Å². The molecule has 0 aliphatic rings. The van der Waals surface area contributed by atoms with Crippen LogP contribution in [-0.2, 0) is 4.79 Å². The summed E-state index contributed by atoms with van der Waals surface area (Å²) in [5, 5.41) is 2.95. The number of hydrogen-bond acceptors (Lipinski definition) is 1. The smallest absolute Gasteiger partial charge is 0.224 e. The van der Waals surface area contributed by atoms with Gasteiger partial charge in [0.25, 0.3) is 0 Å². The molecule has 0 saturated carbocycles. The standard InChI is InChI=1S/C16H25NO/c1-4-5-6-7-8-16(18)17-15-11-9-14(10-12-15)13(2)3/h9-13H,4-8H2,1-3H3,(H,17,18). The molecule has 2 nitrogen and oxygen atoms in total. The summed E-state index contributed by atoms with van der Waals surface area (Å²) in [5.41, 5.74) is 2.20. The molecule has 18 heavy (non-hydrogen) atoms. The van der Waals surface area contributed by atoms with Crippen molar-refractivity contribution in [3.63, 3.8) is 0 Å². The second-order valence-electron chi connectivity index (χ2n) is 5.14. The highest BCUT2D eigenvalue weighted by atomic mass is 16.1. The van der Waals surface area contributed by atoms with Gasteiger partial charge in [-0.3, -0.25) is 4.79 Å². The normalized spacial score (nSPS) is 10.7. The van der Waals surface area contributed by atoms with Gasteiger partial charge < -0.3 is 5.32 Å². The lowest BCUT2D eigenvalue weighted by Gasteiger charge is -2.08. The Hall–Kier alpha value is -1.31. The van der Waals surface area contributed by atoms with Gasteiger partial charge in [-0.2, -0.15) is 0 Å². The van der Waals surface area contributed by atoms with E-state index in [0.29, 0.717) is 12.3 Å². The van der Waals surface area contributed by atoms with Gasteiger partial charge in [0.15, 0.2) is 0 Å². The molecule has 0 spiro atoms. The van der Waals surface area contributed by atoms with Crippen LogP contribution in [0.4, 0.5) is 5.69 Å². The third-order valence-corrected chi connectivity index (χ3v) is 3.12. The molecule has 0 radical (unpaired) electrons. The topological polar surface area (TPSA) is 29.1 Å². The summed E-state index contributed by atoms with van der Waals surface area (Å²) in [7, 11) is 0. The highest BCUT2D eigenvalue weighted by molar-refractivity contribution is 5.90. The van der Waals surface area contributed by atoms with E-state index in [0.717, 1.165) is 18.5 Å². The van der Waals surface area contributed by atoms with Crippen molar-refractivity contribution in [2.45, 2.75) is 58.8 Å². The highest BCUT2D eigenvalue weighted by Crippen LogP contribution is 2.17. The zero-order valence-electron chi connectivity index (χ0n) is 11.8. The summed E-state index contributed by atoms with van der Waals surface area (Å²) in [6.07, 6.45) is 5.19. The minimum Gasteiger partial charge on any atom is -0.326 e. The number of unbranched alkanes of at least 4 members (excludes halogenated alkanes) is 3. The fraction of sp³-hybridized carbons (Fsp3) is 0.562. The maximum Gasteiger partial charge on any atom is 0.224 e. The lowest BCUT2D eigenvalue weighted by Crippen LogP contribution is -2.11. The molecular formula is C16H25NO. The molecular weight excluding hydrogens is 222 g/mol. The van der Waals surface area contributed by atoms with Crippen LogP contribution in [0.15, 0.2) is 24.3 Å². The van der Waals surface area contributed by atoms with Crippen molar-refractivity contribution >= 4 is 11.6 Å². The van der Waals surface area contributed by atoms with Crippen LogP contribution >= 0.6 is 0 Å². The van der Waals surface area contributed by atoms with Gasteiger partial charge in [-0.1, -0.05) is 52.2 Å². The zero-order valence-corrected chi connectivity index (χ0v) is 11.8. The van der Waals surface area contributed by atoms with Crippen molar-refractivity contribution in [1.82, 2.24) is 0 Å². The first-order valence-corrected chi connectivity index (χ1v) is 7.03. The Morgan fingerprint density at radius 2 is 1.78 bits per heavy atom. The quantitative estimate of drug-likeness (QED) is 0.694. The van der Waals surface area contributed by atoms with Crippen LogP contribution in [0.3, 0.4) is 0 Å². The minimum absolute atomic E-state index is 0.128. The van der Waals surface area contributed by atoms with Crippen molar-refractivity contribution in [3.8, 4) is 0 Å². The molecule has 0 fully saturated rings. The number of carbonyl (C=O) groups excluding carboxylic acids is 1. The summed E-state index contributed by atoms with van der Waals surface area (Å²) >= 11 is 0. The highest BCUT2D eigenvalue weighted by Gasteiger charge is 2.03. The molecule has 0 aliphatic carbocycles. The molecule has 1 amide bonds. The Labute approximate surface area is 111 Å². The Bertz CT molecular complexity index is 354. The number of nitrogens with one attached hydrogen (secondary N) is 1. The van der Waals surface area contributed by atoms with E-state index in [2.05, 4.69) is 38.2 Å². The molecule has 0 aliphatic heterocycles. The maximum absolute atomic E-state index is 11.7. The van der Waals surface area contributed by atoms with Crippen LogP contribution in [-0.4, -0.2) is 5.91 Å². The fourth-order valence-corrected chi connectivity index (χ4v) is 1.89. The molecule has 0 unspecified atom stereocenters. The van der Waals surface area contributed by atoms with E-state index in [1.807, 2.05) is 12.1 Å². The van der Waals surface area contributed by atoms with Crippen LogP contribution in [0.1, 0.15) is 64.4 Å². The second kappa shape index (κ2) is 7.91. The second-order valence-corrected chi connectivity index (χ2v) is 5.14. The number of amides is 1. The lowest BCUT2D eigenvalue weighted by atomic mass is 10.0. The van der Waals surface area contributed by atoms with Gasteiger partial charge in [0.2, 0.25) is 5.91 Å². The molecule has 0 saturated heterocycles. The number of anilines is 1. The number of hydrogen-bond donors (Lipinski definition) is 1. The number of carbonyl (C=O) groups is 1. The van der Waals surface area contributed by atoms with Crippen molar-refractivity contribution in [3.05, 3.63) is 29.8 Å². The van der Waals surface area contributed by atoms with Gasteiger partial charge in [0.05, 0.1) is 0 Å². The predicted octanol–water partition coefficient (Wildman–Crippen LogP) is 4.72. The third kappa shape index (κ3) is 5.35. The largest absolute Gasteiger partial charge is 0.326 e. The van der Waals surface area contributed by atoms with E-state index in [9.17, 15) is 4.79 Å². The molecule has 0 aromatic heterocycles. The van der Waals surface area contributed by atoms with E-state index >= 15 is 0 Å². The van der Waals surface area contributed by atoms with Gasteiger partial charge in [-0.05, 0) is 30.0 Å².